The maximum absolute atomic E-state index is 12.2. The monoisotopic (exact) mass is 276 g/mol. The minimum atomic E-state index is -4.92. The summed E-state index contributed by atoms with van der Waals surface area (Å²) in [4.78, 5) is 5.65. The minimum absolute atomic E-state index is 0.612. The van der Waals surface area contributed by atoms with Crippen LogP contribution in [0.3, 0.4) is 0 Å². The Hall–Kier alpha value is -1.31. The van der Waals surface area contributed by atoms with E-state index in [0.717, 1.165) is 12.1 Å². The van der Waals surface area contributed by atoms with E-state index in [1.165, 1.54) is 0 Å². The van der Waals surface area contributed by atoms with Crippen molar-refractivity contribution in [1.29, 1.82) is 0 Å². The van der Waals surface area contributed by atoms with Gasteiger partial charge in [0.15, 0.2) is 5.82 Å². The van der Waals surface area contributed by atoms with E-state index in [2.05, 4.69) is 9.98 Å². The zero-order chi connectivity index (χ0) is 13.3. The van der Waals surface area contributed by atoms with E-state index in [4.69, 9.17) is 11.6 Å². The third kappa shape index (κ3) is 3.88. The van der Waals surface area contributed by atoms with E-state index in [-0.39, 0.29) is 0 Å². The van der Waals surface area contributed by atoms with Crippen LogP contribution in [0.15, 0.2) is 23.2 Å². The summed E-state index contributed by atoms with van der Waals surface area (Å²) in [7, 11) is 0. The zero-order valence-electron chi connectivity index (χ0n) is 7.77. The molecule has 1 rings (SSSR count). The quantitative estimate of drug-likeness (QED) is 0.563. The van der Waals surface area contributed by atoms with Crippen molar-refractivity contribution < 1.29 is 26.3 Å². The van der Waals surface area contributed by atoms with Gasteiger partial charge in [0.05, 0.1) is 0 Å². The molecule has 2 nitrogen and oxygen atoms in total. The predicted octanol–water partition coefficient (Wildman–Crippen LogP) is 3.93. The molecule has 0 aromatic carbocycles. The molecular formula is C8H3ClF6N2. The Labute approximate surface area is 95.9 Å². The first-order valence-electron chi connectivity index (χ1n) is 3.96. The molecule has 0 aliphatic rings. The molecule has 1 aromatic rings. The fourth-order valence-corrected chi connectivity index (χ4v) is 0.894. The van der Waals surface area contributed by atoms with Gasteiger partial charge in [0, 0.05) is 0 Å². The number of aromatic nitrogens is 1. The average Bonchev–Trinajstić information content (AvgIpc) is 2.15. The Kier molecular flexibility index (Phi) is 3.65. The van der Waals surface area contributed by atoms with Crippen LogP contribution in [0.25, 0.3) is 0 Å². The molecule has 0 saturated heterocycles. The average molecular weight is 277 g/mol. The van der Waals surface area contributed by atoms with Crippen LogP contribution in [0.1, 0.15) is 5.69 Å². The lowest BCUT2D eigenvalue weighted by atomic mass is 10.3. The number of rotatable bonds is 1. The topological polar surface area (TPSA) is 25.2 Å². The summed E-state index contributed by atoms with van der Waals surface area (Å²) in [5.74, 6) is -0.762. The predicted molar refractivity (Wildman–Crippen MR) is 48.2 cm³/mol. The van der Waals surface area contributed by atoms with Crippen molar-refractivity contribution in [2.24, 2.45) is 4.99 Å². The van der Waals surface area contributed by atoms with Crippen LogP contribution in [0.4, 0.5) is 32.2 Å². The molecular weight excluding hydrogens is 274 g/mol. The van der Waals surface area contributed by atoms with Crippen molar-refractivity contribution in [3.8, 4) is 0 Å². The summed E-state index contributed by atoms with van der Waals surface area (Å²) in [5.41, 5.74) is -1.34. The van der Waals surface area contributed by atoms with Gasteiger partial charge in [-0.3, -0.25) is 0 Å². The van der Waals surface area contributed by atoms with Crippen molar-refractivity contribution in [3.05, 3.63) is 23.9 Å². The highest BCUT2D eigenvalue weighted by Crippen LogP contribution is 2.29. The summed E-state index contributed by atoms with van der Waals surface area (Å²) >= 11 is 4.76. The van der Waals surface area contributed by atoms with Crippen LogP contribution < -0.4 is 0 Å². The lowest BCUT2D eigenvalue weighted by Gasteiger charge is -2.06. The summed E-state index contributed by atoms with van der Waals surface area (Å²) in [6.07, 6.45) is -9.67. The number of pyridine rings is 1. The molecule has 0 bridgehead atoms. The van der Waals surface area contributed by atoms with Gasteiger partial charge in [-0.05, 0) is 12.1 Å². The summed E-state index contributed by atoms with van der Waals surface area (Å²) in [6.45, 7) is 0. The molecule has 0 fully saturated rings. The third-order valence-electron chi connectivity index (χ3n) is 1.47. The molecule has 1 aromatic heterocycles. The van der Waals surface area contributed by atoms with Gasteiger partial charge in [0.1, 0.15) is 5.69 Å². The van der Waals surface area contributed by atoms with Crippen LogP contribution in [0.2, 0.25) is 0 Å². The molecule has 0 aliphatic heterocycles. The van der Waals surface area contributed by atoms with Gasteiger partial charge in [-0.1, -0.05) is 17.7 Å². The molecule has 0 unspecified atom stereocenters. The van der Waals surface area contributed by atoms with E-state index >= 15 is 0 Å². The van der Waals surface area contributed by atoms with Crippen molar-refractivity contribution in [1.82, 2.24) is 4.98 Å². The first-order valence-corrected chi connectivity index (χ1v) is 4.34. The molecule has 0 atom stereocenters. The second kappa shape index (κ2) is 4.52. The second-order valence-corrected chi connectivity index (χ2v) is 3.14. The van der Waals surface area contributed by atoms with Crippen molar-refractivity contribution in [3.63, 3.8) is 0 Å². The van der Waals surface area contributed by atoms with Crippen molar-refractivity contribution in [2.45, 2.75) is 12.4 Å². The highest BCUT2D eigenvalue weighted by atomic mass is 35.5. The van der Waals surface area contributed by atoms with Crippen LogP contribution in [-0.4, -0.2) is 16.3 Å². The molecule has 9 heteroatoms. The molecule has 17 heavy (non-hydrogen) atoms. The van der Waals surface area contributed by atoms with E-state index in [1.54, 1.807) is 0 Å². The Morgan fingerprint density at radius 2 is 1.71 bits per heavy atom. The number of hydrogen-bond acceptors (Lipinski definition) is 2. The van der Waals surface area contributed by atoms with Crippen LogP contribution >= 0.6 is 11.6 Å². The fourth-order valence-electron chi connectivity index (χ4n) is 0.807. The highest BCUT2D eigenvalue weighted by molar-refractivity contribution is 6.67. The van der Waals surface area contributed by atoms with Crippen LogP contribution in [-0.2, 0) is 6.18 Å². The standard InChI is InChI=1S/C8H3ClF6N2/c9-6(8(13,14)15)17-5-3-1-2-4(16-5)7(10,11)12/h1-3H. The molecule has 0 saturated carbocycles. The molecule has 1 heterocycles. The number of alkyl halides is 6. The highest BCUT2D eigenvalue weighted by Gasteiger charge is 2.35. The van der Waals surface area contributed by atoms with Gasteiger partial charge in [-0.15, -0.1) is 0 Å². The largest absolute Gasteiger partial charge is 0.444 e. The maximum Gasteiger partial charge on any atom is 0.444 e. The van der Waals surface area contributed by atoms with Gasteiger partial charge in [0.2, 0.25) is 5.17 Å². The summed E-state index contributed by atoms with van der Waals surface area (Å²) in [5, 5.41) is -1.79. The number of nitrogens with zero attached hydrogens (tertiary/aromatic N) is 2. The first kappa shape index (κ1) is 13.8. The number of hydrogen-bond donors (Lipinski definition) is 0. The van der Waals surface area contributed by atoms with Gasteiger partial charge in [-0.25, -0.2) is 9.98 Å². The Bertz CT molecular complexity index is 436. The lowest BCUT2D eigenvalue weighted by Crippen LogP contribution is -2.16. The Morgan fingerprint density at radius 3 is 2.18 bits per heavy atom. The smallest absolute Gasteiger partial charge is 0.224 e. The first-order chi connectivity index (χ1) is 7.60. The van der Waals surface area contributed by atoms with Gasteiger partial charge in [-0.2, -0.15) is 26.3 Å². The summed E-state index contributed by atoms with van der Waals surface area (Å²) in [6, 6.07) is 2.37. The van der Waals surface area contributed by atoms with E-state index in [0.29, 0.717) is 6.07 Å². The molecule has 0 aliphatic carbocycles. The Morgan fingerprint density at radius 1 is 1.12 bits per heavy atom. The van der Waals surface area contributed by atoms with Gasteiger partial charge >= 0.3 is 12.4 Å². The van der Waals surface area contributed by atoms with E-state index in [9.17, 15) is 26.3 Å². The zero-order valence-corrected chi connectivity index (χ0v) is 8.53. The SMILES string of the molecule is FC(F)(F)C(Cl)=Nc1cccc(C(F)(F)F)n1. The maximum atomic E-state index is 12.2. The molecule has 0 spiro atoms. The molecule has 0 radical (unpaired) electrons. The van der Waals surface area contributed by atoms with Crippen LogP contribution in [0, 0.1) is 0 Å². The molecule has 0 amide bonds. The normalized spacial score (nSPS) is 13.9. The third-order valence-corrected chi connectivity index (χ3v) is 1.77. The lowest BCUT2D eigenvalue weighted by molar-refractivity contribution is -0.141. The second-order valence-electron chi connectivity index (χ2n) is 2.78. The Balaban J connectivity index is 3.10. The van der Waals surface area contributed by atoms with E-state index < -0.39 is 29.0 Å². The number of halogens is 7. The molecule has 94 valence electrons. The van der Waals surface area contributed by atoms with Crippen molar-refractivity contribution in [2.75, 3.05) is 0 Å². The summed E-state index contributed by atoms with van der Waals surface area (Å²) < 4.78 is 72.4. The van der Waals surface area contributed by atoms with Gasteiger partial charge in [0.25, 0.3) is 0 Å². The molecule has 0 N–H and O–H groups in total. The van der Waals surface area contributed by atoms with E-state index in [1.807, 2.05) is 0 Å². The minimum Gasteiger partial charge on any atom is -0.224 e. The number of aliphatic imine (C=N–C) groups is 1. The fraction of sp³-hybridized carbons (Fsp3) is 0.250. The van der Waals surface area contributed by atoms with Crippen LogP contribution in [0.5, 0.6) is 0 Å². The van der Waals surface area contributed by atoms with Gasteiger partial charge < -0.3 is 0 Å². The van der Waals surface area contributed by atoms with Crippen molar-refractivity contribution >= 4 is 22.6 Å².